The van der Waals surface area contributed by atoms with Crippen LogP contribution in [-0.4, -0.2) is 35.1 Å². The SMILES string of the molecule is CSc1ccccc1C(=O)[C@H]1CCCN(Cc2cccc(O)c2)C1. The lowest BCUT2D eigenvalue weighted by Crippen LogP contribution is -2.38. The molecular formula is C20H23NO2S. The Morgan fingerprint density at radius 1 is 1.25 bits per heavy atom. The van der Waals surface area contributed by atoms with Crippen LogP contribution in [0.2, 0.25) is 0 Å². The van der Waals surface area contributed by atoms with Gasteiger partial charge in [-0.25, -0.2) is 0 Å². The number of rotatable bonds is 5. The number of phenolic OH excluding ortho intramolecular Hbond substituents is 1. The molecule has 1 aliphatic heterocycles. The van der Waals surface area contributed by atoms with Crippen molar-refractivity contribution in [2.24, 2.45) is 5.92 Å². The fraction of sp³-hybridized carbons (Fsp3) is 0.350. The number of hydrogen-bond donors (Lipinski definition) is 1. The Balaban J connectivity index is 1.70. The van der Waals surface area contributed by atoms with E-state index in [-0.39, 0.29) is 11.7 Å². The third-order valence-corrected chi connectivity index (χ3v) is 5.36. The molecule has 0 amide bonds. The molecule has 0 aliphatic carbocycles. The molecule has 0 saturated carbocycles. The van der Waals surface area contributed by atoms with Gasteiger partial charge in [-0.3, -0.25) is 9.69 Å². The van der Waals surface area contributed by atoms with Crippen molar-refractivity contribution in [1.82, 2.24) is 4.90 Å². The standard InChI is InChI=1S/C20H23NO2S/c1-24-19-10-3-2-9-18(19)20(23)16-7-5-11-21(14-16)13-15-6-4-8-17(22)12-15/h2-4,6,8-10,12,16,22H,5,7,11,13-14H2,1H3/t16-/m0/s1. The van der Waals surface area contributed by atoms with Crippen LogP contribution in [0.3, 0.4) is 0 Å². The Kier molecular flexibility index (Phi) is 5.59. The van der Waals surface area contributed by atoms with Crippen molar-refractivity contribution in [3.63, 3.8) is 0 Å². The molecule has 0 unspecified atom stereocenters. The van der Waals surface area contributed by atoms with Gasteiger partial charge in [0, 0.05) is 29.5 Å². The Bertz CT molecular complexity index is 716. The third-order valence-electron chi connectivity index (χ3n) is 4.57. The van der Waals surface area contributed by atoms with E-state index in [4.69, 9.17) is 0 Å². The molecule has 1 atom stereocenters. The molecule has 126 valence electrons. The number of Topliss-reactive ketones (excluding diaryl/α,β-unsaturated/α-hetero) is 1. The molecule has 0 aromatic heterocycles. The molecule has 0 bridgehead atoms. The zero-order chi connectivity index (χ0) is 16.9. The summed E-state index contributed by atoms with van der Waals surface area (Å²) in [7, 11) is 0. The summed E-state index contributed by atoms with van der Waals surface area (Å²) in [5.41, 5.74) is 1.95. The van der Waals surface area contributed by atoms with Crippen LogP contribution in [0.15, 0.2) is 53.4 Å². The van der Waals surface area contributed by atoms with Crippen molar-refractivity contribution in [3.05, 3.63) is 59.7 Å². The van der Waals surface area contributed by atoms with Gasteiger partial charge in [0.25, 0.3) is 0 Å². The van der Waals surface area contributed by atoms with Crippen LogP contribution >= 0.6 is 11.8 Å². The maximum atomic E-state index is 13.0. The number of nitrogens with zero attached hydrogens (tertiary/aromatic N) is 1. The highest BCUT2D eigenvalue weighted by Gasteiger charge is 2.27. The van der Waals surface area contributed by atoms with E-state index < -0.39 is 0 Å². The predicted octanol–water partition coefficient (Wildman–Crippen LogP) is 4.21. The van der Waals surface area contributed by atoms with Crippen molar-refractivity contribution in [2.45, 2.75) is 24.3 Å². The van der Waals surface area contributed by atoms with E-state index in [1.165, 1.54) is 0 Å². The zero-order valence-corrected chi connectivity index (χ0v) is 14.8. The molecule has 1 heterocycles. The number of carbonyl (C=O) groups excluding carboxylic acids is 1. The third kappa shape index (κ3) is 4.00. The highest BCUT2D eigenvalue weighted by molar-refractivity contribution is 7.98. The molecule has 4 heteroatoms. The van der Waals surface area contributed by atoms with Gasteiger partial charge in [0.2, 0.25) is 0 Å². The number of aromatic hydroxyl groups is 1. The lowest BCUT2D eigenvalue weighted by molar-refractivity contribution is 0.0808. The second-order valence-corrected chi connectivity index (χ2v) is 7.16. The van der Waals surface area contributed by atoms with Crippen molar-refractivity contribution in [2.75, 3.05) is 19.3 Å². The van der Waals surface area contributed by atoms with E-state index in [2.05, 4.69) is 4.90 Å². The summed E-state index contributed by atoms with van der Waals surface area (Å²) in [6.07, 6.45) is 4.01. The number of benzene rings is 2. The first-order chi connectivity index (χ1) is 11.7. The minimum absolute atomic E-state index is 0.0596. The number of hydrogen-bond acceptors (Lipinski definition) is 4. The quantitative estimate of drug-likeness (QED) is 0.653. The minimum atomic E-state index is 0.0596. The summed E-state index contributed by atoms with van der Waals surface area (Å²) in [6.45, 7) is 2.57. The largest absolute Gasteiger partial charge is 0.508 e. The topological polar surface area (TPSA) is 40.5 Å². The highest BCUT2D eigenvalue weighted by Crippen LogP contribution is 2.27. The number of carbonyl (C=O) groups is 1. The number of ketones is 1. The van der Waals surface area contributed by atoms with Crippen LogP contribution in [0, 0.1) is 5.92 Å². The van der Waals surface area contributed by atoms with Gasteiger partial charge >= 0.3 is 0 Å². The van der Waals surface area contributed by atoms with E-state index in [0.29, 0.717) is 5.75 Å². The number of likely N-dealkylation sites (tertiary alicyclic amines) is 1. The average Bonchev–Trinajstić information content (AvgIpc) is 2.61. The monoisotopic (exact) mass is 341 g/mol. The summed E-state index contributed by atoms with van der Waals surface area (Å²) in [5.74, 6) is 0.621. The normalized spacial score (nSPS) is 18.5. The van der Waals surface area contributed by atoms with Gasteiger partial charge in [-0.1, -0.05) is 30.3 Å². The molecule has 0 radical (unpaired) electrons. The van der Waals surface area contributed by atoms with Crippen molar-refractivity contribution in [1.29, 1.82) is 0 Å². The number of phenols is 1. The van der Waals surface area contributed by atoms with Crippen LogP contribution in [0.4, 0.5) is 0 Å². The van der Waals surface area contributed by atoms with E-state index in [1.54, 1.807) is 23.9 Å². The van der Waals surface area contributed by atoms with Gasteiger partial charge in [-0.05, 0) is 49.4 Å². The second kappa shape index (κ2) is 7.86. The van der Waals surface area contributed by atoms with Crippen molar-refractivity contribution >= 4 is 17.5 Å². The summed E-state index contributed by atoms with van der Waals surface area (Å²) < 4.78 is 0. The molecule has 3 rings (SSSR count). The molecule has 2 aromatic carbocycles. The summed E-state index contributed by atoms with van der Waals surface area (Å²) in [4.78, 5) is 16.3. The molecule has 2 aromatic rings. The first-order valence-electron chi connectivity index (χ1n) is 8.35. The first-order valence-corrected chi connectivity index (χ1v) is 9.57. The maximum absolute atomic E-state index is 13.0. The van der Waals surface area contributed by atoms with Gasteiger partial charge in [0.05, 0.1) is 0 Å². The fourth-order valence-corrected chi connectivity index (χ4v) is 4.00. The molecule has 1 aliphatic rings. The molecule has 3 nitrogen and oxygen atoms in total. The lowest BCUT2D eigenvalue weighted by atomic mass is 9.89. The van der Waals surface area contributed by atoms with E-state index in [1.807, 2.05) is 42.7 Å². The summed E-state index contributed by atoms with van der Waals surface area (Å²) in [6, 6.07) is 15.3. The molecular weight excluding hydrogens is 318 g/mol. The summed E-state index contributed by atoms with van der Waals surface area (Å²) in [5, 5.41) is 9.61. The Morgan fingerprint density at radius 3 is 2.88 bits per heavy atom. The van der Waals surface area contributed by atoms with Crippen LogP contribution in [-0.2, 0) is 6.54 Å². The molecule has 1 N–H and O–H groups in total. The van der Waals surface area contributed by atoms with Gasteiger partial charge < -0.3 is 5.11 Å². The Labute approximate surface area is 147 Å². The molecule has 1 saturated heterocycles. The smallest absolute Gasteiger partial charge is 0.168 e. The lowest BCUT2D eigenvalue weighted by Gasteiger charge is -2.32. The Hall–Kier alpha value is -1.78. The number of piperidine rings is 1. The van der Waals surface area contributed by atoms with Crippen molar-refractivity contribution in [3.8, 4) is 5.75 Å². The molecule has 24 heavy (non-hydrogen) atoms. The van der Waals surface area contributed by atoms with E-state index in [0.717, 1.165) is 48.5 Å². The van der Waals surface area contributed by atoms with Crippen LogP contribution in [0.25, 0.3) is 0 Å². The van der Waals surface area contributed by atoms with Crippen LogP contribution < -0.4 is 0 Å². The fourth-order valence-electron chi connectivity index (χ4n) is 3.39. The van der Waals surface area contributed by atoms with Crippen molar-refractivity contribution < 1.29 is 9.90 Å². The second-order valence-electron chi connectivity index (χ2n) is 6.31. The van der Waals surface area contributed by atoms with Crippen LogP contribution in [0.1, 0.15) is 28.8 Å². The molecule has 0 spiro atoms. The highest BCUT2D eigenvalue weighted by atomic mass is 32.2. The Morgan fingerprint density at radius 2 is 2.08 bits per heavy atom. The summed E-state index contributed by atoms with van der Waals surface area (Å²) >= 11 is 1.63. The maximum Gasteiger partial charge on any atom is 0.168 e. The molecule has 1 fully saturated rings. The van der Waals surface area contributed by atoms with E-state index in [9.17, 15) is 9.90 Å². The van der Waals surface area contributed by atoms with Gasteiger partial charge in [0.1, 0.15) is 5.75 Å². The minimum Gasteiger partial charge on any atom is -0.508 e. The van der Waals surface area contributed by atoms with E-state index >= 15 is 0 Å². The van der Waals surface area contributed by atoms with Gasteiger partial charge in [-0.15, -0.1) is 11.8 Å². The van der Waals surface area contributed by atoms with Gasteiger partial charge in [0.15, 0.2) is 5.78 Å². The first kappa shape index (κ1) is 17.1. The number of thioether (sulfide) groups is 1. The predicted molar refractivity (Wildman–Crippen MR) is 98.7 cm³/mol. The average molecular weight is 341 g/mol. The zero-order valence-electron chi connectivity index (χ0n) is 13.9. The van der Waals surface area contributed by atoms with Gasteiger partial charge in [-0.2, -0.15) is 0 Å². The van der Waals surface area contributed by atoms with Crippen LogP contribution in [0.5, 0.6) is 5.75 Å².